The molecule has 0 aromatic carbocycles. The number of aromatic nitrogens is 2. The molecule has 0 amide bonds. The van der Waals surface area contributed by atoms with E-state index in [4.69, 9.17) is 5.84 Å². The summed E-state index contributed by atoms with van der Waals surface area (Å²) >= 11 is 1.52. The molecule has 0 spiro atoms. The molecule has 4 rings (SSSR count). The Bertz CT molecular complexity index is 424. The minimum atomic E-state index is 0.498. The highest BCUT2D eigenvalue weighted by atomic mass is 32.2. The van der Waals surface area contributed by atoms with Crippen LogP contribution in [0, 0.1) is 5.92 Å². The first-order valence-corrected chi connectivity index (χ1v) is 7.89. The molecule has 3 aliphatic heterocycles. The van der Waals surface area contributed by atoms with Gasteiger partial charge in [-0.25, -0.2) is 15.8 Å². The summed E-state index contributed by atoms with van der Waals surface area (Å²) in [5.41, 5.74) is 2.60. The first-order valence-electron chi connectivity index (χ1n) is 6.67. The van der Waals surface area contributed by atoms with Gasteiger partial charge in [0.1, 0.15) is 11.6 Å². The molecule has 104 valence electrons. The minimum Gasteiger partial charge on any atom is -0.366 e. The molecule has 3 aliphatic rings. The van der Waals surface area contributed by atoms with Crippen molar-refractivity contribution >= 4 is 23.4 Å². The number of thioether (sulfide) groups is 1. The second-order valence-corrected chi connectivity index (χ2v) is 5.93. The van der Waals surface area contributed by atoms with E-state index in [1.54, 1.807) is 0 Å². The summed E-state index contributed by atoms with van der Waals surface area (Å²) in [7, 11) is 0. The molecule has 3 saturated heterocycles. The fourth-order valence-corrected chi connectivity index (χ4v) is 3.36. The Balaban J connectivity index is 1.75. The van der Waals surface area contributed by atoms with Gasteiger partial charge in [-0.05, 0) is 38.1 Å². The van der Waals surface area contributed by atoms with E-state index >= 15 is 0 Å². The van der Waals surface area contributed by atoms with Crippen molar-refractivity contribution < 1.29 is 0 Å². The van der Waals surface area contributed by atoms with Gasteiger partial charge in [0, 0.05) is 18.7 Å². The molecule has 0 aliphatic carbocycles. The van der Waals surface area contributed by atoms with Gasteiger partial charge in [0.2, 0.25) is 0 Å². The number of piperidine rings is 3. The van der Waals surface area contributed by atoms with Gasteiger partial charge in [-0.2, -0.15) is 0 Å². The van der Waals surface area contributed by atoms with Crippen molar-refractivity contribution in [2.75, 3.05) is 36.6 Å². The molecule has 4 N–H and O–H groups in total. The van der Waals surface area contributed by atoms with Crippen molar-refractivity contribution in [2.45, 2.75) is 24.0 Å². The first kappa shape index (κ1) is 13.0. The predicted molar refractivity (Wildman–Crippen MR) is 78.2 cm³/mol. The molecule has 4 heterocycles. The van der Waals surface area contributed by atoms with Crippen LogP contribution in [0.5, 0.6) is 0 Å². The van der Waals surface area contributed by atoms with Crippen LogP contribution in [-0.4, -0.2) is 46.8 Å². The average Bonchev–Trinajstić information content (AvgIpc) is 2.48. The lowest BCUT2D eigenvalue weighted by molar-refractivity contribution is 0.0973. The van der Waals surface area contributed by atoms with Gasteiger partial charge in [-0.1, -0.05) is 11.8 Å². The normalized spacial score (nSPS) is 29.3. The second-order valence-electron chi connectivity index (χ2n) is 5.16. The summed E-state index contributed by atoms with van der Waals surface area (Å²) in [5, 5.41) is 4.30. The van der Waals surface area contributed by atoms with Crippen molar-refractivity contribution in [3.8, 4) is 0 Å². The van der Waals surface area contributed by atoms with E-state index in [0.717, 1.165) is 23.4 Å². The van der Waals surface area contributed by atoms with Crippen LogP contribution in [0.1, 0.15) is 12.8 Å². The topological polar surface area (TPSA) is 79.1 Å². The molecular weight excluding hydrogens is 260 g/mol. The number of nitrogen functional groups attached to an aromatic ring is 1. The largest absolute Gasteiger partial charge is 0.366 e. The van der Waals surface area contributed by atoms with Crippen molar-refractivity contribution in [1.29, 1.82) is 0 Å². The van der Waals surface area contributed by atoms with Gasteiger partial charge >= 0.3 is 0 Å². The standard InChI is InChI=1S/C12H20N6S/c1-19-12-15-10(6-11(16-12)17-13)14-9-7-18-4-2-8(9)3-5-18/h6,8-9H,2-5,7,13H2,1H3,(H2,14,15,16,17). The Morgan fingerprint density at radius 2 is 2.05 bits per heavy atom. The Kier molecular flexibility index (Phi) is 3.76. The highest BCUT2D eigenvalue weighted by molar-refractivity contribution is 7.98. The maximum Gasteiger partial charge on any atom is 0.191 e. The Morgan fingerprint density at radius 1 is 1.32 bits per heavy atom. The predicted octanol–water partition coefficient (Wildman–Crippen LogP) is 0.990. The van der Waals surface area contributed by atoms with E-state index in [0.29, 0.717) is 11.9 Å². The Morgan fingerprint density at radius 3 is 2.63 bits per heavy atom. The maximum atomic E-state index is 5.45. The maximum absolute atomic E-state index is 5.45. The van der Waals surface area contributed by atoms with Gasteiger partial charge in [-0.3, -0.25) is 0 Å². The molecule has 7 heteroatoms. The summed E-state index contributed by atoms with van der Waals surface area (Å²) in [6.07, 6.45) is 4.55. The van der Waals surface area contributed by atoms with Crippen molar-refractivity contribution in [1.82, 2.24) is 14.9 Å². The SMILES string of the molecule is CSc1nc(NN)cc(NC2CN3CCC2CC3)n1. The zero-order chi connectivity index (χ0) is 13.2. The summed E-state index contributed by atoms with van der Waals surface area (Å²) in [4.78, 5) is 11.3. The summed E-state index contributed by atoms with van der Waals surface area (Å²) in [6.45, 7) is 3.62. The van der Waals surface area contributed by atoms with Gasteiger partial charge in [0.25, 0.3) is 0 Å². The third kappa shape index (κ3) is 2.77. The fourth-order valence-electron chi connectivity index (χ4n) is 2.98. The monoisotopic (exact) mass is 280 g/mol. The van der Waals surface area contributed by atoms with Crippen molar-refractivity contribution in [2.24, 2.45) is 11.8 Å². The lowest BCUT2D eigenvalue weighted by Gasteiger charge is -2.45. The van der Waals surface area contributed by atoms with Gasteiger partial charge in [0.05, 0.1) is 0 Å². The number of hydrogen-bond acceptors (Lipinski definition) is 7. The van der Waals surface area contributed by atoms with Crippen LogP contribution >= 0.6 is 11.8 Å². The fraction of sp³-hybridized carbons (Fsp3) is 0.667. The van der Waals surface area contributed by atoms with E-state index < -0.39 is 0 Å². The zero-order valence-corrected chi connectivity index (χ0v) is 11.9. The molecule has 19 heavy (non-hydrogen) atoms. The van der Waals surface area contributed by atoms with E-state index in [-0.39, 0.29) is 0 Å². The molecule has 0 radical (unpaired) electrons. The van der Waals surface area contributed by atoms with Gasteiger partial charge in [-0.15, -0.1) is 0 Å². The molecule has 6 nitrogen and oxygen atoms in total. The highest BCUT2D eigenvalue weighted by Crippen LogP contribution is 2.30. The van der Waals surface area contributed by atoms with Crippen LogP contribution in [0.15, 0.2) is 11.2 Å². The van der Waals surface area contributed by atoms with Crippen LogP contribution in [0.2, 0.25) is 0 Å². The third-order valence-electron chi connectivity index (χ3n) is 4.03. The summed E-state index contributed by atoms with van der Waals surface area (Å²) in [6, 6.07) is 2.37. The number of hydrazine groups is 1. The molecule has 3 fully saturated rings. The summed E-state index contributed by atoms with van der Waals surface area (Å²) in [5.74, 6) is 7.74. The van der Waals surface area contributed by atoms with Crippen molar-refractivity contribution in [3.63, 3.8) is 0 Å². The molecular formula is C12H20N6S. The van der Waals surface area contributed by atoms with Crippen LogP contribution in [0.3, 0.4) is 0 Å². The Hall–Kier alpha value is -1.05. The molecule has 1 atom stereocenters. The molecule has 1 aromatic rings. The number of nitrogens with one attached hydrogen (secondary N) is 2. The first-order chi connectivity index (χ1) is 9.28. The van der Waals surface area contributed by atoms with Crippen LogP contribution in [0.4, 0.5) is 11.6 Å². The van der Waals surface area contributed by atoms with Crippen molar-refractivity contribution in [3.05, 3.63) is 6.07 Å². The molecule has 1 unspecified atom stereocenters. The number of anilines is 2. The smallest absolute Gasteiger partial charge is 0.191 e. The molecule has 0 saturated carbocycles. The van der Waals surface area contributed by atoms with Crippen LogP contribution in [-0.2, 0) is 0 Å². The van der Waals surface area contributed by atoms with E-state index in [1.165, 1.54) is 37.7 Å². The van der Waals surface area contributed by atoms with Gasteiger partial charge < -0.3 is 15.6 Å². The van der Waals surface area contributed by atoms with E-state index in [1.807, 2.05) is 12.3 Å². The number of nitrogens with two attached hydrogens (primary N) is 1. The highest BCUT2D eigenvalue weighted by Gasteiger charge is 2.34. The van der Waals surface area contributed by atoms with Crippen LogP contribution < -0.4 is 16.6 Å². The number of hydrogen-bond donors (Lipinski definition) is 3. The lowest BCUT2D eigenvalue weighted by atomic mass is 9.84. The van der Waals surface area contributed by atoms with E-state index in [2.05, 4.69) is 25.6 Å². The quantitative estimate of drug-likeness (QED) is 0.328. The Labute approximate surface area is 117 Å². The minimum absolute atomic E-state index is 0.498. The summed E-state index contributed by atoms with van der Waals surface area (Å²) < 4.78 is 0. The number of nitrogens with zero attached hydrogens (tertiary/aromatic N) is 3. The van der Waals surface area contributed by atoms with Crippen LogP contribution in [0.25, 0.3) is 0 Å². The van der Waals surface area contributed by atoms with Gasteiger partial charge in [0.15, 0.2) is 5.16 Å². The van der Waals surface area contributed by atoms with E-state index in [9.17, 15) is 0 Å². The second kappa shape index (κ2) is 5.52. The number of rotatable bonds is 4. The molecule has 1 aromatic heterocycles. The third-order valence-corrected chi connectivity index (χ3v) is 4.57. The molecule has 2 bridgehead atoms. The average molecular weight is 280 g/mol. The number of fused-ring (bicyclic) bond motifs is 3. The zero-order valence-electron chi connectivity index (χ0n) is 11.1. The lowest BCUT2D eigenvalue weighted by Crippen LogP contribution is -2.53.